The molecule has 0 amide bonds. The van der Waals surface area contributed by atoms with Crippen LogP contribution in [0.25, 0.3) is 0 Å². The lowest BCUT2D eigenvalue weighted by Crippen LogP contribution is -2.12. The summed E-state index contributed by atoms with van der Waals surface area (Å²) in [5.74, 6) is 0.932. The molecule has 0 bridgehead atoms. The standard InChI is InChI=1S/C14H15NO4.C7H11ClO3.C7H5NO.C4H9ClO2.C3H3ClO/c1-2-14(16)19-10-8-17-7-9-18-13-5-3-12(11-15)4-6-13;1-2-7(9)11-6-5-10-4-3-8;8-5-6-1-3-7(9)4-2-6;5-1-3-7-4-2-6;1-2-3(4)5/h2-6H,1,7-10H2;2H,1,3-6H2;1-4,9H;6H,1-4H2;2H,1H2. The number of nitriles is 2. The first-order chi connectivity index (χ1) is 24.6. The first-order valence-electron chi connectivity index (χ1n) is 14.8. The van der Waals surface area contributed by atoms with Crippen LogP contribution in [0.3, 0.4) is 0 Å². The summed E-state index contributed by atoms with van der Waals surface area (Å²) in [4.78, 5) is 30.6. The van der Waals surface area contributed by atoms with E-state index in [4.69, 9.17) is 79.2 Å². The molecule has 2 aromatic carbocycles. The van der Waals surface area contributed by atoms with Gasteiger partial charge in [-0.1, -0.05) is 19.7 Å². The van der Waals surface area contributed by atoms with Crippen molar-refractivity contribution < 1.29 is 53.0 Å². The zero-order chi connectivity index (χ0) is 39.0. The first kappa shape index (κ1) is 50.9. The van der Waals surface area contributed by atoms with Gasteiger partial charge in [0.05, 0.1) is 69.5 Å². The summed E-state index contributed by atoms with van der Waals surface area (Å²) in [6.45, 7) is 13.0. The molecule has 0 saturated heterocycles. The summed E-state index contributed by atoms with van der Waals surface area (Å²) in [6.07, 6.45) is 3.26. The fraction of sp³-hybridized carbons (Fsp3) is 0.343. The van der Waals surface area contributed by atoms with Crippen LogP contribution in [-0.4, -0.2) is 105 Å². The lowest BCUT2D eigenvalue weighted by molar-refractivity contribution is -0.140. The molecule has 0 heterocycles. The van der Waals surface area contributed by atoms with E-state index in [9.17, 15) is 14.4 Å². The maximum Gasteiger partial charge on any atom is 0.330 e. The highest BCUT2D eigenvalue weighted by atomic mass is 35.5. The molecule has 0 aliphatic carbocycles. The van der Waals surface area contributed by atoms with Gasteiger partial charge in [-0.3, -0.25) is 4.79 Å². The molecule has 0 unspecified atom stereocenters. The number of aliphatic hydroxyl groups excluding tert-OH is 1. The van der Waals surface area contributed by atoms with E-state index < -0.39 is 17.2 Å². The van der Waals surface area contributed by atoms with Gasteiger partial charge in [-0.25, -0.2) is 9.59 Å². The Morgan fingerprint density at radius 1 is 0.647 bits per heavy atom. The summed E-state index contributed by atoms with van der Waals surface area (Å²) in [7, 11) is 0. The Morgan fingerprint density at radius 2 is 1.04 bits per heavy atom. The number of alkyl halides is 2. The summed E-state index contributed by atoms with van der Waals surface area (Å²) >= 11 is 15.3. The maximum absolute atomic E-state index is 10.7. The Balaban J connectivity index is -0.000000615. The maximum atomic E-state index is 10.7. The number of rotatable bonds is 19. The fourth-order valence-corrected chi connectivity index (χ4v) is 2.60. The van der Waals surface area contributed by atoms with Crippen molar-refractivity contribution in [3.05, 3.63) is 97.6 Å². The molecule has 0 saturated carbocycles. The molecule has 2 rings (SSSR count). The molecule has 0 fully saturated rings. The third kappa shape index (κ3) is 39.9. The van der Waals surface area contributed by atoms with E-state index in [0.717, 1.165) is 18.2 Å². The molecule has 16 heteroatoms. The zero-order valence-electron chi connectivity index (χ0n) is 28.1. The van der Waals surface area contributed by atoms with E-state index in [1.54, 1.807) is 36.4 Å². The van der Waals surface area contributed by atoms with Gasteiger partial charge in [0.2, 0.25) is 5.24 Å². The van der Waals surface area contributed by atoms with Crippen LogP contribution in [0.1, 0.15) is 11.1 Å². The Labute approximate surface area is 313 Å². The second kappa shape index (κ2) is 40.0. The van der Waals surface area contributed by atoms with Crippen LogP contribution in [0, 0.1) is 22.7 Å². The summed E-state index contributed by atoms with van der Waals surface area (Å²) in [6, 6.07) is 16.9. The molecule has 0 atom stereocenters. The highest BCUT2D eigenvalue weighted by Gasteiger charge is 1.97. The Kier molecular flexibility index (Phi) is 39.9. The highest BCUT2D eigenvalue weighted by Crippen LogP contribution is 2.11. The minimum absolute atomic E-state index is 0.0802. The number of benzene rings is 2. The van der Waals surface area contributed by atoms with E-state index >= 15 is 0 Å². The van der Waals surface area contributed by atoms with Crippen LogP contribution in [0.5, 0.6) is 11.5 Å². The van der Waals surface area contributed by atoms with Crippen LogP contribution >= 0.6 is 34.8 Å². The van der Waals surface area contributed by atoms with E-state index in [1.807, 2.05) is 12.1 Å². The lowest BCUT2D eigenvalue weighted by atomic mass is 10.2. The number of nitrogens with zero attached hydrogens (tertiary/aromatic N) is 2. The number of aliphatic hydroxyl groups is 1. The molecule has 0 aliphatic heterocycles. The van der Waals surface area contributed by atoms with Crippen LogP contribution in [0.4, 0.5) is 0 Å². The lowest BCUT2D eigenvalue weighted by Gasteiger charge is -2.07. The summed E-state index contributed by atoms with van der Waals surface area (Å²) in [5.41, 5.74) is 1.15. The molecular formula is C35H43Cl3N2O11. The zero-order valence-corrected chi connectivity index (χ0v) is 30.3. The average Bonchev–Trinajstić information content (AvgIpc) is 3.16. The van der Waals surface area contributed by atoms with E-state index in [0.29, 0.717) is 74.9 Å². The van der Waals surface area contributed by atoms with Crippen molar-refractivity contribution >= 4 is 52.0 Å². The summed E-state index contributed by atoms with van der Waals surface area (Å²) < 4.78 is 29.6. The number of carbonyl (C=O) groups is 3. The van der Waals surface area contributed by atoms with Gasteiger partial charge >= 0.3 is 11.9 Å². The number of allylic oxidation sites excluding steroid dienone is 1. The molecule has 280 valence electrons. The van der Waals surface area contributed by atoms with Crippen LogP contribution in [0.2, 0.25) is 0 Å². The molecule has 0 radical (unpaired) electrons. The Bertz CT molecular complexity index is 1290. The second-order valence-corrected chi connectivity index (χ2v) is 9.46. The molecule has 0 spiro atoms. The van der Waals surface area contributed by atoms with Crippen molar-refractivity contribution in [3.8, 4) is 23.6 Å². The molecule has 2 N–H and O–H groups in total. The third-order valence-corrected chi connectivity index (χ3v) is 5.06. The molecule has 51 heavy (non-hydrogen) atoms. The normalized spacial score (nSPS) is 8.90. The number of hydrogen-bond donors (Lipinski definition) is 2. The van der Waals surface area contributed by atoms with Crippen molar-refractivity contribution in [3.63, 3.8) is 0 Å². The van der Waals surface area contributed by atoms with E-state index in [2.05, 4.69) is 24.5 Å². The number of aromatic hydroxyl groups is 1. The van der Waals surface area contributed by atoms with Crippen LogP contribution in [-0.2, 0) is 38.1 Å². The Morgan fingerprint density at radius 3 is 1.41 bits per heavy atom. The van der Waals surface area contributed by atoms with Crippen LogP contribution < -0.4 is 4.74 Å². The van der Waals surface area contributed by atoms with Gasteiger partial charge in [0.15, 0.2) is 0 Å². The quantitative estimate of drug-likeness (QED) is 0.0631. The highest BCUT2D eigenvalue weighted by molar-refractivity contribution is 6.66. The van der Waals surface area contributed by atoms with Gasteiger partial charge in [-0.2, -0.15) is 10.5 Å². The van der Waals surface area contributed by atoms with Crippen molar-refractivity contribution in [2.45, 2.75) is 0 Å². The number of esters is 2. The Hall–Kier alpha value is -4.44. The smallest absolute Gasteiger partial charge is 0.330 e. The molecule has 13 nitrogen and oxygen atoms in total. The minimum Gasteiger partial charge on any atom is -0.508 e. The van der Waals surface area contributed by atoms with E-state index in [1.165, 1.54) is 12.1 Å². The molecular weight excluding hydrogens is 731 g/mol. The largest absolute Gasteiger partial charge is 0.508 e. The van der Waals surface area contributed by atoms with Gasteiger partial charge < -0.3 is 38.6 Å². The van der Waals surface area contributed by atoms with Crippen molar-refractivity contribution in [1.29, 1.82) is 10.5 Å². The number of halogens is 3. The predicted molar refractivity (Wildman–Crippen MR) is 194 cm³/mol. The number of carbonyl (C=O) groups excluding carboxylic acids is 3. The number of phenolic OH excluding ortho intramolecular Hbond substituents is 1. The molecule has 0 aliphatic rings. The SMILES string of the molecule is C=CC(=O)Cl.C=CC(=O)OCCOCCCl.C=CC(=O)OCCOCCOc1ccc(C#N)cc1.N#Cc1ccc(O)cc1.OCCOCCCl. The van der Waals surface area contributed by atoms with E-state index in [-0.39, 0.29) is 25.6 Å². The first-order valence-corrected chi connectivity index (χ1v) is 16.2. The fourth-order valence-electron chi connectivity index (χ4n) is 2.38. The van der Waals surface area contributed by atoms with Crippen molar-refractivity contribution in [1.82, 2.24) is 0 Å². The molecule has 0 aromatic heterocycles. The third-order valence-electron chi connectivity index (χ3n) is 4.59. The van der Waals surface area contributed by atoms with Crippen molar-refractivity contribution in [2.24, 2.45) is 0 Å². The monoisotopic (exact) mass is 772 g/mol. The minimum atomic E-state index is -0.509. The van der Waals surface area contributed by atoms with Gasteiger partial charge in [-0.05, 0) is 66.2 Å². The average molecular weight is 774 g/mol. The molecule has 2 aromatic rings. The number of ether oxygens (including phenoxy) is 6. The van der Waals surface area contributed by atoms with Crippen molar-refractivity contribution in [2.75, 3.05) is 77.8 Å². The predicted octanol–water partition coefficient (Wildman–Crippen LogP) is 5.09. The number of phenols is 1. The van der Waals surface area contributed by atoms with Crippen LogP contribution in [0.15, 0.2) is 86.5 Å². The van der Waals surface area contributed by atoms with Gasteiger partial charge in [0.25, 0.3) is 0 Å². The van der Waals surface area contributed by atoms with Gasteiger partial charge in [-0.15, -0.1) is 23.2 Å². The number of hydrogen-bond acceptors (Lipinski definition) is 13. The topological polar surface area (TPSA) is 195 Å². The van der Waals surface area contributed by atoms with Gasteiger partial charge in [0, 0.05) is 23.9 Å². The summed E-state index contributed by atoms with van der Waals surface area (Å²) in [5, 5.41) is 33.3. The second-order valence-electron chi connectivity index (χ2n) is 8.33. The van der Waals surface area contributed by atoms with Gasteiger partial charge in [0.1, 0.15) is 31.3 Å².